The number of amides is 2. The third-order valence-corrected chi connectivity index (χ3v) is 3.34. The van der Waals surface area contributed by atoms with E-state index in [0.717, 1.165) is 0 Å². The van der Waals surface area contributed by atoms with Gasteiger partial charge in [0, 0.05) is 31.3 Å². The Hall–Kier alpha value is -3.22. The van der Waals surface area contributed by atoms with Crippen LogP contribution in [0.3, 0.4) is 0 Å². The van der Waals surface area contributed by atoms with Gasteiger partial charge in [-0.1, -0.05) is 12.1 Å². The molecule has 0 atom stereocenters. The summed E-state index contributed by atoms with van der Waals surface area (Å²) in [4.78, 5) is 35.3. The van der Waals surface area contributed by atoms with Crippen LogP contribution in [0.4, 0.5) is 17.1 Å². The van der Waals surface area contributed by atoms with Gasteiger partial charge < -0.3 is 10.2 Å². The van der Waals surface area contributed by atoms with Crippen LogP contribution in [0.15, 0.2) is 48.5 Å². The van der Waals surface area contributed by atoms with Crippen LogP contribution >= 0.6 is 0 Å². The molecular formula is C16H15N3O4. The maximum absolute atomic E-state index is 12.2. The van der Waals surface area contributed by atoms with Crippen molar-refractivity contribution in [3.8, 4) is 0 Å². The first-order valence-corrected chi connectivity index (χ1v) is 6.79. The molecule has 2 amide bonds. The molecule has 23 heavy (non-hydrogen) atoms. The number of hydrogen-bond acceptors (Lipinski definition) is 4. The lowest BCUT2D eigenvalue weighted by atomic mass is 10.1. The molecule has 0 heterocycles. The van der Waals surface area contributed by atoms with E-state index in [1.807, 2.05) is 0 Å². The van der Waals surface area contributed by atoms with Gasteiger partial charge in [-0.15, -0.1) is 0 Å². The van der Waals surface area contributed by atoms with Gasteiger partial charge in [-0.3, -0.25) is 19.7 Å². The van der Waals surface area contributed by atoms with Crippen LogP contribution < -0.4 is 10.2 Å². The summed E-state index contributed by atoms with van der Waals surface area (Å²) < 4.78 is 0. The number of nitrogens with one attached hydrogen (secondary N) is 1. The Kier molecular flexibility index (Phi) is 4.70. The highest BCUT2D eigenvalue weighted by atomic mass is 16.6. The number of nitrogens with zero attached hydrogens (tertiary/aromatic N) is 2. The van der Waals surface area contributed by atoms with Crippen LogP contribution in [-0.2, 0) is 4.79 Å². The van der Waals surface area contributed by atoms with Gasteiger partial charge in [0.1, 0.15) is 5.69 Å². The number of nitro benzene ring substituents is 1. The number of carbonyl (C=O) groups is 2. The van der Waals surface area contributed by atoms with E-state index in [1.165, 1.54) is 30.0 Å². The molecule has 0 aliphatic carbocycles. The van der Waals surface area contributed by atoms with Crippen molar-refractivity contribution < 1.29 is 14.5 Å². The molecule has 0 aromatic heterocycles. The lowest BCUT2D eigenvalue weighted by molar-refractivity contribution is -0.383. The van der Waals surface area contributed by atoms with Crippen molar-refractivity contribution in [1.82, 2.24) is 0 Å². The van der Waals surface area contributed by atoms with Crippen molar-refractivity contribution in [2.75, 3.05) is 17.3 Å². The number of nitro groups is 1. The zero-order valence-electron chi connectivity index (χ0n) is 12.6. The Bertz CT molecular complexity index is 756. The molecule has 0 bridgehead atoms. The number of hydrogen-bond donors (Lipinski definition) is 1. The molecule has 0 unspecified atom stereocenters. The molecule has 0 radical (unpaired) electrons. The van der Waals surface area contributed by atoms with Crippen LogP contribution in [0.1, 0.15) is 17.3 Å². The maximum Gasteiger partial charge on any atom is 0.292 e. The van der Waals surface area contributed by atoms with Crippen LogP contribution in [0.5, 0.6) is 0 Å². The molecule has 0 aliphatic rings. The molecule has 118 valence electrons. The molecule has 0 spiro atoms. The molecule has 2 aromatic carbocycles. The first kappa shape index (κ1) is 16.2. The second-order valence-electron chi connectivity index (χ2n) is 4.85. The van der Waals surface area contributed by atoms with Crippen molar-refractivity contribution in [3.63, 3.8) is 0 Å². The van der Waals surface area contributed by atoms with Gasteiger partial charge in [0.05, 0.1) is 4.92 Å². The summed E-state index contributed by atoms with van der Waals surface area (Å²) in [6.07, 6.45) is 0. The largest absolute Gasteiger partial charge is 0.316 e. The van der Waals surface area contributed by atoms with Gasteiger partial charge in [-0.2, -0.15) is 0 Å². The second-order valence-corrected chi connectivity index (χ2v) is 4.85. The molecule has 1 N–H and O–H groups in total. The van der Waals surface area contributed by atoms with Gasteiger partial charge in [0.2, 0.25) is 5.91 Å². The topological polar surface area (TPSA) is 92.6 Å². The minimum absolute atomic E-state index is 0.123. The van der Waals surface area contributed by atoms with Crippen LogP contribution in [0.25, 0.3) is 0 Å². The summed E-state index contributed by atoms with van der Waals surface area (Å²) in [5.74, 6) is -0.585. The number of anilines is 2. The Balaban J connectivity index is 2.19. The molecule has 0 saturated heterocycles. The lowest BCUT2D eigenvalue weighted by Gasteiger charge is -2.15. The van der Waals surface area contributed by atoms with E-state index in [-0.39, 0.29) is 17.3 Å². The molecule has 2 aromatic rings. The Morgan fingerprint density at radius 1 is 1.09 bits per heavy atom. The molecule has 0 fully saturated rings. The fourth-order valence-electron chi connectivity index (χ4n) is 1.95. The summed E-state index contributed by atoms with van der Waals surface area (Å²) in [5.41, 5.74) is 0.949. The first-order valence-electron chi connectivity index (χ1n) is 6.79. The normalized spacial score (nSPS) is 10.0. The third kappa shape index (κ3) is 3.70. The SMILES string of the molecule is CC(=O)N(C)c1ccc(C(=O)Nc2ccccc2[N+](=O)[O-])cc1. The van der Waals surface area contributed by atoms with E-state index < -0.39 is 10.8 Å². The highest BCUT2D eigenvalue weighted by Crippen LogP contribution is 2.24. The average Bonchev–Trinajstić information content (AvgIpc) is 2.54. The molecule has 0 aliphatic heterocycles. The van der Waals surface area contributed by atoms with Crippen LogP contribution in [0, 0.1) is 10.1 Å². The van der Waals surface area contributed by atoms with E-state index in [4.69, 9.17) is 0 Å². The van der Waals surface area contributed by atoms with Crippen molar-refractivity contribution in [3.05, 3.63) is 64.2 Å². The van der Waals surface area contributed by atoms with E-state index in [0.29, 0.717) is 11.3 Å². The molecule has 0 saturated carbocycles. The van der Waals surface area contributed by atoms with E-state index >= 15 is 0 Å². The predicted molar refractivity (Wildman–Crippen MR) is 86.6 cm³/mol. The molecule has 7 nitrogen and oxygen atoms in total. The minimum atomic E-state index is -0.555. The highest BCUT2D eigenvalue weighted by Gasteiger charge is 2.16. The zero-order chi connectivity index (χ0) is 17.0. The minimum Gasteiger partial charge on any atom is -0.316 e. The van der Waals surface area contributed by atoms with Gasteiger partial charge in [0.25, 0.3) is 11.6 Å². The van der Waals surface area contributed by atoms with Gasteiger partial charge >= 0.3 is 0 Å². The van der Waals surface area contributed by atoms with Gasteiger partial charge in [-0.05, 0) is 30.3 Å². The zero-order valence-corrected chi connectivity index (χ0v) is 12.6. The first-order chi connectivity index (χ1) is 10.9. The van der Waals surface area contributed by atoms with Crippen molar-refractivity contribution in [2.45, 2.75) is 6.92 Å². The second kappa shape index (κ2) is 6.69. The lowest BCUT2D eigenvalue weighted by Crippen LogP contribution is -2.22. The standard InChI is InChI=1S/C16H15N3O4/c1-11(20)18(2)13-9-7-12(8-10-13)16(21)17-14-5-3-4-6-15(14)19(22)23/h3-10H,1-2H3,(H,17,21). The van der Waals surface area contributed by atoms with Crippen molar-refractivity contribution >= 4 is 28.9 Å². The number of benzene rings is 2. The summed E-state index contributed by atoms with van der Waals surface area (Å²) in [7, 11) is 1.63. The van der Waals surface area contributed by atoms with Crippen molar-refractivity contribution in [1.29, 1.82) is 0 Å². The smallest absolute Gasteiger partial charge is 0.292 e. The number of rotatable bonds is 4. The maximum atomic E-state index is 12.2. The number of para-hydroxylation sites is 2. The van der Waals surface area contributed by atoms with Crippen molar-refractivity contribution in [2.24, 2.45) is 0 Å². The quantitative estimate of drug-likeness (QED) is 0.694. The van der Waals surface area contributed by atoms with E-state index in [9.17, 15) is 19.7 Å². The Morgan fingerprint density at radius 3 is 2.26 bits per heavy atom. The monoisotopic (exact) mass is 313 g/mol. The average molecular weight is 313 g/mol. The van der Waals surface area contributed by atoms with E-state index in [2.05, 4.69) is 5.32 Å². The Morgan fingerprint density at radius 2 is 1.70 bits per heavy atom. The highest BCUT2D eigenvalue weighted by molar-refractivity contribution is 6.05. The van der Waals surface area contributed by atoms with E-state index in [1.54, 1.807) is 37.4 Å². The summed E-state index contributed by atoms with van der Waals surface area (Å²) in [5, 5.41) is 13.5. The summed E-state index contributed by atoms with van der Waals surface area (Å²) in [6.45, 7) is 1.44. The molecular weight excluding hydrogens is 298 g/mol. The number of carbonyl (C=O) groups excluding carboxylic acids is 2. The van der Waals surface area contributed by atoms with Gasteiger partial charge in [0.15, 0.2) is 0 Å². The summed E-state index contributed by atoms with van der Waals surface area (Å²) in [6, 6.07) is 12.3. The molecule has 7 heteroatoms. The summed E-state index contributed by atoms with van der Waals surface area (Å²) >= 11 is 0. The van der Waals surface area contributed by atoms with Crippen LogP contribution in [-0.4, -0.2) is 23.8 Å². The van der Waals surface area contributed by atoms with Crippen LogP contribution in [0.2, 0.25) is 0 Å². The fourth-order valence-corrected chi connectivity index (χ4v) is 1.95. The predicted octanol–water partition coefficient (Wildman–Crippen LogP) is 2.83. The Labute approximate surface area is 132 Å². The van der Waals surface area contributed by atoms with Gasteiger partial charge in [-0.25, -0.2) is 0 Å². The third-order valence-electron chi connectivity index (χ3n) is 3.34. The molecule has 2 rings (SSSR count). The fraction of sp³-hybridized carbons (Fsp3) is 0.125.